The molecule has 0 saturated heterocycles. The molecule has 8 heteroatoms. The fourth-order valence-corrected chi connectivity index (χ4v) is 4.37. The monoisotopic (exact) mass is 460 g/mol. The van der Waals surface area contributed by atoms with Crippen molar-refractivity contribution in [1.29, 1.82) is 0 Å². The first kappa shape index (κ1) is 21.1. The predicted molar refractivity (Wildman–Crippen MR) is 136 cm³/mol. The van der Waals surface area contributed by atoms with Gasteiger partial charge in [0.1, 0.15) is 11.6 Å². The summed E-state index contributed by atoms with van der Waals surface area (Å²) in [5, 5.41) is 0. The Morgan fingerprint density at radius 2 is 1.17 bits per heavy atom. The highest BCUT2D eigenvalue weighted by Gasteiger charge is 2.22. The van der Waals surface area contributed by atoms with Crippen LogP contribution in [0.2, 0.25) is 0 Å². The number of fused-ring (bicyclic) bond motifs is 2. The molecule has 0 aliphatic carbocycles. The molecule has 2 N–H and O–H groups in total. The summed E-state index contributed by atoms with van der Waals surface area (Å²) in [4.78, 5) is 34.5. The van der Waals surface area contributed by atoms with Crippen LogP contribution in [-0.2, 0) is 0 Å². The lowest BCUT2D eigenvalue weighted by Crippen LogP contribution is -2.05. The van der Waals surface area contributed by atoms with Gasteiger partial charge in [0.2, 0.25) is 0 Å². The van der Waals surface area contributed by atoms with E-state index in [4.69, 9.17) is 9.97 Å². The third kappa shape index (κ3) is 4.14. The molecule has 35 heavy (non-hydrogen) atoms. The van der Waals surface area contributed by atoms with E-state index in [0.29, 0.717) is 11.6 Å². The zero-order valence-corrected chi connectivity index (χ0v) is 19.3. The third-order valence-corrected chi connectivity index (χ3v) is 6.16. The van der Waals surface area contributed by atoms with Crippen molar-refractivity contribution in [2.24, 2.45) is 0 Å². The summed E-state index contributed by atoms with van der Waals surface area (Å²) in [6.07, 6.45) is 10.1. The molecule has 4 aromatic heterocycles. The zero-order chi connectivity index (χ0) is 23.6. The van der Waals surface area contributed by atoms with Gasteiger partial charge in [-0.15, -0.1) is 0 Å². The van der Waals surface area contributed by atoms with Crippen LogP contribution in [0.4, 0.5) is 0 Å². The maximum Gasteiger partial charge on any atom is 0.159 e. The number of hydrogen-bond donors (Lipinski definition) is 2. The average Bonchev–Trinajstić information content (AvgIpc) is 3.53. The van der Waals surface area contributed by atoms with Gasteiger partial charge in [0.15, 0.2) is 11.6 Å². The quantitative estimate of drug-likeness (QED) is 0.317. The summed E-state index contributed by atoms with van der Waals surface area (Å²) in [7, 11) is 0. The number of aromatic amines is 2. The van der Waals surface area contributed by atoms with Crippen LogP contribution < -0.4 is 0 Å². The molecular weight excluding hydrogens is 436 g/mol. The van der Waals surface area contributed by atoms with E-state index in [1.165, 1.54) is 0 Å². The number of H-pyrrole nitrogens is 2. The molecule has 0 bridgehead atoms. The largest absolute Gasteiger partial charge is 0.341 e. The first-order chi connectivity index (χ1) is 17.3. The molecular formula is C27H24N8. The highest BCUT2D eigenvalue weighted by molar-refractivity contribution is 5.82. The lowest BCUT2D eigenvalue weighted by molar-refractivity contribution is 0.608. The van der Waals surface area contributed by atoms with Crippen LogP contribution in [0, 0.1) is 0 Å². The molecule has 2 aromatic carbocycles. The molecule has 172 valence electrons. The van der Waals surface area contributed by atoms with Gasteiger partial charge in [0.25, 0.3) is 0 Å². The van der Waals surface area contributed by atoms with Gasteiger partial charge < -0.3 is 9.97 Å². The van der Waals surface area contributed by atoms with E-state index in [2.05, 4.69) is 36.8 Å². The van der Waals surface area contributed by atoms with E-state index in [1.54, 1.807) is 24.8 Å². The number of hydrogen-bond acceptors (Lipinski definition) is 6. The van der Waals surface area contributed by atoms with Crippen LogP contribution in [0.5, 0.6) is 0 Å². The van der Waals surface area contributed by atoms with Crippen molar-refractivity contribution in [3.8, 4) is 22.8 Å². The Morgan fingerprint density at radius 1 is 0.686 bits per heavy atom. The number of unbranched alkanes of at least 4 members (excludes halogenated alkanes) is 1. The molecule has 0 spiro atoms. The van der Waals surface area contributed by atoms with Crippen LogP contribution in [0.25, 0.3) is 44.8 Å². The molecule has 8 nitrogen and oxygen atoms in total. The van der Waals surface area contributed by atoms with Gasteiger partial charge in [-0.1, -0.05) is 19.8 Å². The van der Waals surface area contributed by atoms with Gasteiger partial charge in [-0.3, -0.25) is 0 Å². The molecule has 6 aromatic rings. The third-order valence-electron chi connectivity index (χ3n) is 6.16. The Hall–Kier alpha value is -4.46. The molecule has 0 unspecified atom stereocenters. The van der Waals surface area contributed by atoms with E-state index in [0.717, 1.165) is 64.1 Å². The number of imidazole rings is 2. The normalized spacial score (nSPS) is 11.6. The summed E-state index contributed by atoms with van der Waals surface area (Å²) in [5.74, 6) is 3.23. The number of aromatic nitrogens is 8. The second kappa shape index (κ2) is 9.06. The molecule has 0 radical (unpaired) electrons. The van der Waals surface area contributed by atoms with Crippen molar-refractivity contribution in [2.45, 2.75) is 32.1 Å². The molecule has 0 atom stereocenters. The summed E-state index contributed by atoms with van der Waals surface area (Å²) < 4.78 is 0. The predicted octanol–water partition coefficient (Wildman–Crippen LogP) is 5.68. The number of benzene rings is 2. The van der Waals surface area contributed by atoms with E-state index < -0.39 is 0 Å². The van der Waals surface area contributed by atoms with E-state index >= 15 is 0 Å². The summed E-state index contributed by atoms with van der Waals surface area (Å²) in [6, 6.07) is 15.8. The fourth-order valence-electron chi connectivity index (χ4n) is 4.37. The lowest BCUT2D eigenvalue weighted by atomic mass is 10.0. The smallest absolute Gasteiger partial charge is 0.159 e. The van der Waals surface area contributed by atoms with Crippen LogP contribution >= 0.6 is 0 Å². The molecule has 0 fully saturated rings. The summed E-state index contributed by atoms with van der Waals surface area (Å²) in [6.45, 7) is 2.20. The fraction of sp³-hybridized carbons (Fsp3) is 0.185. The zero-order valence-electron chi connectivity index (χ0n) is 19.3. The number of nitrogens with one attached hydrogen (secondary N) is 2. The summed E-state index contributed by atoms with van der Waals surface area (Å²) >= 11 is 0. The summed E-state index contributed by atoms with van der Waals surface area (Å²) in [5.41, 5.74) is 5.65. The minimum absolute atomic E-state index is 0.0302. The van der Waals surface area contributed by atoms with Crippen molar-refractivity contribution in [3.05, 3.63) is 85.0 Å². The average molecular weight is 461 g/mol. The standard InChI is InChI=1S/C27H24N8/c1-2-3-6-19(26-32-20-9-7-17(15-22(20)34-26)24-28-11-4-12-29-24)27-33-21-10-8-18(16-23(21)35-27)25-30-13-5-14-31-25/h4-5,7-16,19H,2-3,6H2,1H3,(H,32,34)(H,33,35). The van der Waals surface area contributed by atoms with Crippen molar-refractivity contribution in [1.82, 2.24) is 39.9 Å². The highest BCUT2D eigenvalue weighted by atomic mass is 15.0. The van der Waals surface area contributed by atoms with Gasteiger partial charge in [-0.05, 0) is 55.0 Å². The molecule has 0 aliphatic rings. The highest BCUT2D eigenvalue weighted by Crippen LogP contribution is 2.31. The van der Waals surface area contributed by atoms with E-state index in [9.17, 15) is 0 Å². The molecule has 4 heterocycles. The van der Waals surface area contributed by atoms with Crippen molar-refractivity contribution in [3.63, 3.8) is 0 Å². The van der Waals surface area contributed by atoms with E-state index in [-0.39, 0.29) is 5.92 Å². The van der Waals surface area contributed by atoms with Crippen LogP contribution in [0.3, 0.4) is 0 Å². The van der Waals surface area contributed by atoms with E-state index in [1.807, 2.05) is 48.5 Å². The number of nitrogens with zero attached hydrogens (tertiary/aromatic N) is 6. The Morgan fingerprint density at radius 3 is 1.63 bits per heavy atom. The van der Waals surface area contributed by atoms with Crippen LogP contribution in [-0.4, -0.2) is 39.9 Å². The molecule has 0 saturated carbocycles. The first-order valence-corrected chi connectivity index (χ1v) is 11.8. The van der Waals surface area contributed by atoms with Crippen LogP contribution in [0.1, 0.15) is 43.8 Å². The maximum absolute atomic E-state index is 4.97. The minimum atomic E-state index is 0.0302. The van der Waals surface area contributed by atoms with Crippen LogP contribution in [0.15, 0.2) is 73.3 Å². The van der Waals surface area contributed by atoms with Gasteiger partial charge >= 0.3 is 0 Å². The van der Waals surface area contributed by atoms with Crippen molar-refractivity contribution in [2.75, 3.05) is 0 Å². The topological polar surface area (TPSA) is 109 Å². The SMILES string of the molecule is CCCCC(c1nc2cc(-c3ncccn3)ccc2[nH]1)c1nc2cc(-c3ncccn3)ccc2[nH]1. The van der Waals surface area contributed by atoms with Crippen molar-refractivity contribution >= 4 is 22.1 Å². The second-order valence-electron chi connectivity index (χ2n) is 8.55. The Bertz CT molecular complexity index is 1470. The second-order valence-corrected chi connectivity index (χ2v) is 8.55. The minimum Gasteiger partial charge on any atom is -0.341 e. The maximum atomic E-state index is 4.97. The van der Waals surface area contributed by atoms with Crippen molar-refractivity contribution < 1.29 is 0 Å². The Balaban J connectivity index is 1.38. The van der Waals surface area contributed by atoms with Gasteiger partial charge in [-0.2, -0.15) is 0 Å². The molecule has 0 aliphatic heterocycles. The molecule has 0 amide bonds. The van der Waals surface area contributed by atoms with Gasteiger partial charge in [0.05, 0.1) is 28.0 Å². The lowest BCUT2D eigenvalue weighted by Gasteiger charge is -2.11. The Kier molecular flexibility index (Phi) is 5.46. The first-order valence-electron chi connectivity index (χ1n) is 11.8. The van der Waals surface area contributed by atoms with Gasteiger partial charge in [0, 0.05) is 35.9 Å². The number of rotatable bonds is 7. The Labute approximate surface area is 202 Å². The molecule has 6 rings (SSSR count). The van der Waals surface area contributed by atoms with Gasteiger partial charge in [-0.25, -0.2) is 29.9 Å².